The van der Waals surface area contributed by atoms with Crippen molar-refractivity contribution in [3.8, 4) is 11.5 Å². The minimum absolute atomic E-state index is 0.00933. The Kier molecular flexibility index (Phi) is 7.56. The van der Waals surface area contributed by atoms with Gasteiger partial charge in [-0.2, -0.15) is 0 Å². The summed E-state index contributed by atoms with van der Waals surface area (Å²) in [6.07, 6.45) is -5.49. The van der Waals surface area contributed by atoms with E-state index in [1.165, 1.54) is 50.2 Å². The number of phenolic OH excluding ortho intramolecular Hbond substituents is 2. The molecule has 0 amide bonds. The zero-order valence-electron chi connectivity index (χ0n) is 24.6. The summed E-state index contributed by atoms with van der Waals surface area (Å²) in [5, 5.41) is 66.1. The van der Waals surface area contributed by atoms with E-state index < -0.39 is 104 Å². The Morgan fingerprint density at radius 1 is 0.689 bits per heavy atom. The van der Waals surface area contributed by atoms with E-state index in [1.807, 2.05) is 0 Å². The van der Waals surface area contributed by atoms with E-state index >= 15 is 0 Å². The maximum Gasteiger partial charge on any atom is 0.203 e. The van der Waals surface area contributed by atoms with E-state index in [0.717, 1.165) is 0 Å². The van der Waals surface area contributed by atoms with E-state index in [1.54, 1.807) is 0 Å². The second-order valence-corrected chi connectivity index (χ2v) is 13.8. The number of aliphatic hydroxyl groups is 4. The minimum atomic E-state index is -2.72. The molecule has 12 nitrogen and oxygen atoms in total. The van der Waals surface area contributed by atoms with E-state index in [2.05, 4.69) is 0 Å². The summed E-state index contributed by atoms with van der Waals surface area (Å²) in [4.78, 5) is 58.3. The van der Waals surface area contributed by atoms with E-state index in [4.69, 9.17) is 9.47 Å². The molecule has 8 atom stereocenters. The molecule has 0 saturated carbocycles. The molecule has 2 fully saturated rings. The van der Waals surface area contributed by atoms with Gasteiger partial charge in [0, 0.05) is 24.3 Å². The topological polar surface area (TPSA) is 208 Å². The van der Waals surface area contributed by atoms with Crippen LogP contribution in [0.5, 0.6) is 11.5 Å². The highest BCUT2D eigenvalue weighted by Crippen LogP contribution is 2.64. The van der Waals surface area contributed by atoms with Gasteiger partial charge in [-0.15, -0.1) is 11.8 Å². The Balaban J connectivity index is 1.67. The van der Waals surface area contributed by atoms with Gasteiger partial charge in [0.15, 0.2) is 22.8 Å². The quantitative estimate of drug-likeness (QED) is 0.263. The molecule has 240 valence electrons. The molecule has 0 unspecified atom stereocenters. The number of rotatable bonds is 6. The lowest BCUT2D eigenvalue weighted by Gasteiger charge is -2.61. The number of benzene rings is 2. The molecule has 45 heavy (non-hydrogen) atoms. The van der Waals surface area contributed by atoms with E-state index in [0.29, 0.717) is 11.8 Å². The molecule has 2 saturated heterocycles. The predicted octanol–water partition coefficient (Wildman–Crippen LogP) is 1.35. The molecule has 6 rings (SSSR count). The van der Waals surface area contributed by atoms with Crippen LogP contribution in [0.4, 0.5) is 0 Å². The third-order valence-corrected chi connectivity index (χ3v) is 12.0. The highest BCUT2D eigenvalue weighted by Gasteiger charge is 2.78. The van der Waals surface area contributed by atoms with Crippen molar-refractivity contribution in [1.29, 1.82) is 0 Å². The first-order valence-corrected chi connectivity index (χ1v) is 15.6. The number of fused-ring (bicyclic) bond motifs is 4. The normalized spacial score (nSPS) is 37.5. The molecule has 6 N–H and O–H groups in total. The van der Waals surface area contributed by atoms with Gasteiger partial charge in [0.2, 0.25) is 11.6 Å². The van der Waals surface area contributed by atoms with Crippen LogP contribution in [0, 0.1) is 0 Å². The number of thioether (sulfide) groups is 1. The van der Waals surface area contributed by atoms with Crippen LogP contribution in [0.25, 0.3) is 0 Å². The third kappa shape index (κ3) is 3.95. The predicted molar refractivity (Wildman–Crippen MR) is 158 cm³/mol. The molecule has 0 aromatic heterocycles. The first kappa shape index (κ1) is 31.8. The van der Waals surface area contributed by atoms with Gasteiger partial charge >= 0.3 is 0 Å². The van der Waals surface area contributed by atoms with Crippen molar-refractivity contribution in [2.75, 3.05) is 13.2 Å². The highest BCUT2D eigenvalue weighted by atomic mass is 32.2. The summed E-state index contributed by atoms with van der Waals surface area (Å²) in [5.41, 5.74) is -6.76. The molecule has 2 aliphatic heterocycles. The summed E-state index contributed by atoms with van der Waals surface area (Å²) in [6.45, 7) is 1.97. The zero-order chi connectivity index (χ0) is 32.7. The first-order chi connectivity index (χ1) is 21.2. The lowest BCUT2D eigenvalue weighted by Crippen LogP contribution is -2.79. The van der Waals surface area contributed by atoms with Crippen LogP contribution in [0.15, 0.2) is 36.4 Å². The maximum absolute atomic E-state index is 14.8. The number of aromatic hydroxyl groups is 2. The Bertz CT molecular complexity index is 1510. The van der Waals surface area contributed by atoms with Crippen LogP contribution in [-0.4, -0.2) is 112 Å². The average Bonchev–Trinajstić information content (AvgIpc) is 2.99. The number of phenols is 2. The summed E-state index contributed by atoms with van der Waals surface area (Å²) in [5.74, 6) is -4.86. The van der Waals surface area contributed by atoms with Gasteiger partial charge < -0.3 is 40.1 Å². The average molecular weight is 643 g/mol. The van der Waals surface area contributed by atoms with Gasteiger partial charge in [-0.3, -0.25) is 19.2 Å². The number of ether oxygens (including phenoxy) is 2. The molecule has 13 heteroatoms. The largest absolute Gasteiger partial charge is 0.507 e. The standard InChI is InChI=1S/C32H34O12S/c1-15-31(41)27(39)23-19(5-3-7-21(23)35)25(37)29(31,13-17(43-15)9-11-33)45-30-14-18(10-12-34)44-16(2)32(30,42)28(40)24-20(26(30)38)6-4-8-22(24)36/h3-8,15-18,33-36,41-42H,9-14H2,1-2H3/t15-,16+,17-,18+,29-,30+,31+,32-. The van der Waals surface area contributed by atoms with Crippen molar-refractivity contribution in [2.24, 2.45) is 0 Å². The molecule has 0 radical (unpaired) electrons. The van der Waals surface area contributed by atoms with Crippen LogP contribution < -0.4 is 0 Å². The zero-order valence-corrected chi connectivity index (χ0v) is 25.4. The van der Waals surface area contributed by atoms with Gasteiger partial charge in [-0.25, -0.2) is 0 Å². The van der Waals surface area contributed by atoms with Crippen molar-refractivity contribution in [3.05, 3.63) is 58.7 Å². The maximum atomic E-state index is 14.8. The van der Waals surface area contributed by atoms with Crippen molar-refractivity contribution >= 4 is 34.9 Å². The van der Waals surface area contributed by atoms with Gasteiger partial charge in [0.25, 0.3) is 0 Å². The Morgan fingerprint density at radius 2 is 1.07 bits per heavy atom. The summed E-state index contributed by atoms with van der Waals surface area (Å²) >= 11 is 0.504. The molecule has 4 aliphatic rings. The summed E-state index contributed by atoms with van der Waals surface area (Å²) in [7, 11) is 0. The Hall–Kier alpha value is -3.17. The fourth-order valence-electron chi connectivity index (χ4n) is 7.76. The van der Waals surface area contributed by atoms with Crippen LogP contribution in [0.1, 0.15) is 81.0 Å². The fraction of sp³-hybridized carbons (Fsp3) is 0.500. The van der Waals surface area contributed by atoms with Crippen molar-refractivity contribution in [1.82, 2.24) is 0 Å². The summed E-state index contributed by atoms with van der Waals surface area (Å²) < 4.78 is 7.35. The number of ketones is 4. The molecule has 2 aliphatic carbocycles. The third-order valence-electron chi connectivity index (χ3n) is 9.94. The molecule has 2 aromatic rings. The lowest BCUT2D eigenvalue weighted by molar-refractivity contribution is -0.166. The monoisotopic (exact) mass is 642 g/mol. The lowest BCUT2D eigenvalue weighted by atomic mass is 9.63. The van der Waals surface area contributed by atoms with Gasteiger partial charge in [0.05, 0.1) is 35.5 Å². The molecule has 2 aromatic carbocycles. The van der Waals surface area contributed by atoms with E-state index in [9.17, 15) is 49.8 Å². The van der Waals surface area contributed by atoms with Crippen molar-refractivity contribution < 1.29 is 59.3 Å². The number of carbonyl (C=O) groups excluding carboxylic acids is 4. The number of hydrogen-bond donors (Lipinski definition) is 6. The van der Waals surface area contributed by atoms with Crippen LogP contribution in [-0.2, 0) is 9.47 Å². The van der Waals surface area contributed by atoms with Crippen LogP contribution in [0.3, 0.4) is 0 Å². The Morgan fingerprint density at radius 3 is 1.42 bits per heavy atom. The second-order valence-electron chi connectivity index (χ2n) is 12.2. The number of aliphatic hydroxyl groups excluding tert-OH is 2. The number of Topliss-reactive ketones (excluding diaryl/α,β-unsaturated/α-hetero) is 4. The summed E-state index contributed by atoms with van der Waals surface area (Å²) in [6, 6.07) is 7.72. The smallest absolute Gasteiger partial charge is 0.203 e. The number of carbonyl (C=O) groups is 4. The van der Waals surface area contributed by atoms with Gasteiger partial charge in [-0.1, -0.05) is 24.3 Å². The van der Waals surface area contributed by atoms with Crippen molar-refractivity contribution in [2.45, 2.75) is 84.6 Å². The highest BCUT2D eigenvalue weighted by molar-refractivity contribution is 8.03. The van der Waals surface area contributed by atoms with Crippen LogP contribution >= 0.6 is 11.8 Å². The molecule has 0 bridgehead atoms. The first-order valence-electron chi connectivity index (χ1n) is 14.8. The molecule has 2 heterocycles. The fourth-order valence-corrected chi connectivity index (χ4v) is 10.1. The SMILES string of the molecule is C[C@@H]1O[C@@H](CCO)C[C@]2(S[C@@]34C[C@@H](CCO)O[C@H](C)[C@]3(O)C(=O)c3c(O)cccc3C4=O)C(=O)c3cccc(O)c3C(=O)[C@]12O. The van der Waals surface area contributed by atoms with Gasteiger partial charge in [0.1, 0.15) is 21.0 Å². The molecular formula is C32H34O12S. The number of hydrogen-bond acceptors (Lipinski definition) is 13. The van der Waals surface area contributed by atoms with Crippen LogP contribution in [0.2, 0.25) is 0 Å². The van der Waals surface area contributed by atoms with E-state index in [-0.39, 0.29) is 37.2 Å². The van der Waals surface area contributed by atoms with Gasteiger partial charge in [-0.05, 0) is 51.7 Å². The molecule has 0 spiro atoms. The van der Waals surface area contributed by atoms with Crippen molar-refractivity contribution in [3.63, 3.8) is 0 Å². The molecular weight excluding hydrogens is 608 g/mol. The minimum Gasteiger partial charge on any atom is -0.507 e. The Labute approximate surface area is 262 Å². The second kappa shape index (κ2) is 10.7.